The SMILES string of the molecule is CC[C@H](C)c1ccc(NC(=O)CSc2ncccn2)cc1. The number of carbonyl (C=O) groups excluding carboxylic acids is 1. The summed E-state index contributed by atoms with van der Waals surface area (Å²) < 4.78 is 0. The molecule has 5 heteroatoms. The molecule has 0 saturated carbocycles. The predicted octanol–water partition coefficient (Wildman–Crippen LogP) is 3.72. The van der Waals surface area contributed by atoms with Crippen molar-refractivity contribution in [2.75, 3.05) is 11.1 Å². The normalized spacial score (nSPS) is 11.9. The molecule has 1 N–H and O–H groups in total. The molecule has 0 radical (unpaired) electrons. The first-order valence-corrected chi connectivity index (χ1v) is 7.97. The van der Waals surface area contributed by atoms with Gasteiger partial charge in [0.2, 0.25) is 5.91 Å². The highest BCUT2D eigenvalue weighted by Crippen LogP contribution is 2.20. The van der Waals surface area contributed by atoms with Crippen LogP contribution >= 0.6 is 11.8 Å². The fourth-order valence-electron chi connectivity index (χ4n) is 1.82. The highest BCUT2D eigenvalue weighted by Gasteiger charge is 2.06. The van der Waals surface area contributed by atoms with Gasteiger partial charge < -0.3 is 5.32 Å². The van der Waals surface area contributed by atoms with E-state index in [-0.39, 0.29) is 5.91 Å². The Balaban J connectivity index is 1.85. The van der Waals surface area contributed by atoms with Gasteiger partial charge in [0.25, 0.3) is 0 Å². The highest BCUT2D eigenvalue weighted by molar-refractivity contribution is 7.99. The molecule has 1 aromatic heterocycles. The molecule has 0 unspecified atom stereocenters. The highest BCUT2D eigenvalue weighted by atomic mass is 32.2. The quantitative estimate of drug-likeness (QED) is 0.652. The molecule has 0 saturated heterocycles. The van der Waals surface area contributed by atoms with Gasteiger partial charge in [-0.3, -0.25) is 4.79 Å². The van der Waals surface area contributed by atoms with Crippen LogP contribution in [0, 0.1) is 0 Å². The smallest absolute Gasteiger partial charge is 0.234 e. The van der Waals surface area contributed by atoms with Crippen molar-refractivity contribution in [2.24, 2.45) is 0 Å². The van der Waals surface area contributed by atoms with Gasteiger partial charge in [0, 0.05) is 18.1 Å². The first-order valence-electron chi connectivity index (χ1n) is 6.98. The molecule has 1 aromatic carbocycles. The van der Waals surface area contributed by atoms with Crippen molar-refractivity contribution in [1.29, 1.82) is 0 Å². The summed E-state index contributed by atoms with van der Waals surface area (Å²) >= 11 is 1.33. The summed E-state index contributed by atoms with van der Waals surface area (Å²) in [5, 5.41) is 3.49. The molecule has 0 spiro atoms. The lowest BCUT2D eigenvalue weighted by atomic mass is 9.99. The molecule has 4 nitrogen and oxygen atoms in total. The molecule has 0 aliphatic heterocycles. The second-order valence-corrected chi connectivity index (χ2v) is 5.74. The molecule has 21 heavy (non-hydrogen) atoms. The minimum Gasteiger partial charge on any atom is -0.325 e. The summed E-state index contributed by atoms with van der Waals surface area (Å²) in [6.45, 7) is 4.37. The van der Waals surface area contributed by atoms with E-state index in [1.807, 2.05) is 12.1 Å². The number of amides is 1. The number of benzene rings is 1. The molecule has 1 heterocycles. The monoisotopic (exact) mass is 301 g/mol. The van der Waals surface area contributed by atoms with E-state index in [0.29, 0.717) is 16.8 Å². The fourth-order valence-corrected chi connectivity index (χ4v) is 2.42. The van der Waals surface area contributed by atoms with Crippen LogP contribution in [0.15, 0.2) is 47.9 Å². The van der Waals surface area contributed by atoms with Crippen molar-refractivity contribution < 1.29 is 4.79 Å². The van der Waals surface area contributed by atoms with Crippen LogP contribution in [-0.2, 0) is 4.79 Å². The van der Waals surface area contributed by atoms with Gasteiger partial charge in [-0.15, -0.1) is 0 Å². The first kappa shape index (κ1) is 15.5. The van der Waals surface area contributed by atoms with Gasteiger partial charge in [0.1, 0.15) is 0 Å². The second-order valence-electron chi connectivity index (χ2n) is 4.80. The molecule has 0 aliphatic carbocycles. The number of carbonyl (C=O) groups is 1. The van der Waals surface area contributed by atoms with E-state index in [1.165, 1.54) is 17.3 Å². The number of hydrogen-bond acceptors (Lipinski definition) is 4. The minimum absolute atomic E-state index is 0.0521. The van der Waals surface area contributed by atoms with Crippen LogP contribution in [0.4, 0.5) is 5.69 Å². The van der Waals surface area contributed by atoms with E-state index in [1.54, 1.807) is 18.5 Å². The molecule has 0 fully saturated rings. The predicted molar refractivity (Wildman–Crippen MR) is 86.5 cm³/mol. The number of thioether (sulfide) groups is 1. The van der Waals surface area contributed by atoms with Crippen LogP contribution < -0.4 is 5.32 Å². The summed E-state index contributed by atoms with van der Waals surface area (Å²) in [4.78, 5) is 20.0. The van der Waals surface area contributed by atoms with E-state index < -0.39 is 0 Å². The van der Waals surface area contributed by atoms with Crippen molar-refractivity contribution in [1.82, 2.24) is 9.97 Å². The Morgan fingerprint density at radius 3 is 2.52 bits per heavy atom. The van der Waals surface area contributed by atoms with E-state index in [2.05, 4.69) is 41.3 Å². The van der Waals surface area contributed by atoms with Gasteiger partial charge in [0.05, 0.1) is 5.75 Å². The number of nitrogens with one attached hydrogen (secondary N) is 1. The third kappa shape index (κ3) is 4.86. The molecule has 110 valence electrons. The second kappa shape index (κ2) is 7.78. The lowest BCUT2D eigenvalue weighted by molar-refractivity contribution is -0.113. The molecular weight excluding hydrogens is 282 g/mol. The first-order chi connectivity index (χ1) is 10.2. The van der Waals surface area contributed by atoms with E-state index in [4.69, 9.17) is 0 Å². The Labute approximate surface area is 129 Å². The third-order valence-electron chi connectivity index (χ3n) is 3.25. The number of hydrogen-bond donors (Lipinski definition) is 1. The molecule has 2 aromatic rings. The van der Waals surface area contributed by atoms with Crippen molar-refractivity contribution >= 4 is 23.4 Å². The van der Waals surface area contributed by atoms with Gasteiger partial charge in [0.15, 0.2) is 5.16 Å². The average Bonchev–Trinajstić information content (AvgIpc) is 2.54. The van der Waals surface area contributed by atoms with Crippen LogP contribution in [-0.4, -0.2) is 21.6 Å². The Bertz CT molecular complexity index is 572. The lowest BCUT2D eigenvalue weighted by Gasteiger charge is -2.10. The van der Waals surface area contributed by atoms with E-state index in [9.17, 15) is 4.79 Å². The molecule has 2 rings (SSSR count). The summed E-state index contributed by atoms with van der Waals surface area (Å²) in [5.41, 5.74) is 2.11. The van der Waals surface area contributed by atoms with Crippen molar-refractivity contribution in [2.45, 2.75) is 31.3 Å². The maximum absolute atomic E-state index is 11.9. The molecule has 1 amide bonds. The molecule has 1 atom stereocenters. The Hall–Kier alpha value is -1.88. The van der Waals surface area contributed by atoms with Gasteiger partial charge in [-0.2, -0.15) is 0 Å². The Kier molecular flexibility index (Phi) is 5.75. The number of anilines is 1. The van der Waals surface area contributed by atoms with Crippen molar-refractivity contribution in [3.8, 4) is 0 Å². The Morgan fingerprint density at radius 2 is 1.90 bits per heavy atom. The van der Waals surface area contributed by atoms with Gasteiger partial charge in [-0.25, -0.2) is 9.97 Å². The number of rotatable bonds is 6. The standard InChI is InChI=1S/C16H19N3OS/c1-3-12(2)13-5-7-14(8-6-13)19-15(20)11-21-16-17-9-4-10-18-16/h4-10,12H,3,11H2,1-2H3,(H,19,20)/t12-/m0/s1. The molecule has 0 bridgehead atoms. The molecular formula is C16H19N3OS. The van der Waals surface area contributed by atoms with Gasteiger partial charge >= 0.3 is 0 Å². The summed E-state index contributed by atoms with van der Waals surface area (Å²) in [5.74, 6) is 0.793. The molecule has 0 aliphatic rings. The topological polar surface area (TPSA) is 54.9 Å². The zero-order chi connectivity index (χ0) is 15.1. The zero-order valence-corrected chi connectivity index (χ0v) is 13.1. The lowest BCUT2D eigenvalue weighted by Crippen LogP contribution is -2.14. The minimum atomic E-state index is -0.0521. The number of aromatic nitrogens is 2. The third-order valence-corrected chi connectivity index (χ3v) is 4.13. The van der Waals surface area contributed by atoms with Gasteiger partial charge in [-0.1, -0.05) is 37.7 Å². The van der Waals surface area contributed by atoms with Crippen LogP contribution in [0.1, 0.15) is 31.7 Å². The van der Waals surface area contributed by atoms with Crippen molar-refractivity contribution in [3.63, 3.8) is 0 Å². The van der Waals surface area contributed by atoms with Crippen LogP contribution in [0.2, 0.25) is 0 Å². The summed E-state index contributed by atoms with van der Waals surface area (Å²) in [6, 6.07) is 9.78. The van der Waals surface area contributed by atoms with E-state index >= 15 is 0 Å². The zero-order valence-electron chi connectivity index (χ0n) is 12.2. The fraction of sp³-hybridized carbons (Fsp3) is 0.312. The van der Waals surface area contributed by atoms with Crippen LogP contribution in [0.3, 0.4) is 0 Å². The average molecular weight is 301 g/mol. The largest absolute Gasteiger partial charge is 0.325 e. The van der Waals surface area contributed by atoms with Crippen LogP contribution in [0.25, 0.3) is 0 Å². The Morgan fingerprint density at radius 1 is 1.24 bits per heavy atom. The summed E-state index contributed by atoms with van der Waals surface area (Å²) in [6.07, 6.45) is 4.45. The van der Waals surface area contributed by atoms with E-state index in [0.717, 1.165) is 12.1 Å². The van der Waals surface area contributed by atoms with Gasteiger partial charge in [-0.05, 0) is 36.1 Å². The van der Waals surface area contributed by atoms with Crippen molar-refractivity contribution in [3.05, 3.63) is 48.3 Å². The number of nitrogens with zero attached hydrogens (tertiary/aromatic N) is 2. The maximum Gasteiger partial charge on any atom is 0.234 e. The summed E-state index contributed by atoms with van der Waals surface area (Å²) in [7, 11) is 0. The van der Waals surface area contributed by atoms with Crippen LogP contribution in [0.5, 0.6) is 0 Å². The maximum atomic E-state index is 11.9.